The van der Waals surface area contributed by atoms with Crippen molar-refractivity contribution in [1.82, 2.24) is 0 Å². The van der Waals surface area contributed by atoms with Crippen LogP contribution in [0.5, 0.6) is 0 Å². The van der Waals surface area contributed by atoms with Gasteiger partial charge in [-0.2, -0.15) is 0 Å². The van der Waals surface area contributed by atoms with E-state index in [2.05, 4.69) is 17.9 Å². The molecule has 1 fully saturated rings. The van der Waals surface area contributed by atoms with Crippen LogP contribution in [0.4, 0.5) is 11.4 Å². The number of ether oxygens (including phenoxy) is 1. The van der Waals surface area contributed by atoms with Crippen LogP contribution in [0.1, 0.15) is 13.3 Å². The summed E-state index contributed by atoms with van der Waals surface area (Å²) in [5.74, 6) is 0. The average molecular weight is 206 g/mol. The number of morpholine rings is 1. The summed E-state index contributed by atoms with van der Waals surface area (Å²) in [5, 5.41) is 0. The molecule has 0 bridgehead atoms. The Hall–Kier alpha value is -1.22. The Labute approximate surface area is 90.8 Å². The van der Waals surface area contributed by atoms with Gasteiger partial charge in [-0.15, -0.1) is 0 Å². The molecule has 1 aliphatic rings. The van der Waals surface area contributed by atoms with Crippen LogP contribution in [-0.4, -0.2) is 25.8 Å². The van der Waals surface area contributed by atoms with Crippen molar-refractivity contribution < 1.29 is 4.74 Å². The van der Waals surface area contributed by atoms with Crippen molar-refractivity contribution in [2.75, 3.05) is 30.4 Å². The van der Waals surface area contributed by atoms with Gasteiger partial charge in [-0.1, -0.05) is 19.1 Å². The van der Waals surface area contributed by atoms with Gasteiger partial charge in [-0.05, 0) is 18.6 Å². The fourth-order valence-electron chi connectivity index (χ4n) is 2.06. The third-order valence-electron chi connectivity index (χ3n) is 2.94. The third kappa shape index (κ3) is 2.07. The minimum atomic E-state index is 0.462. The largest absolute Gasteiger partial charge is 0.397 e. The maximum atomic E-state index is 5.99. The molecule has 1 aliphatic heterocycles. The molecule has 0 spiro atoms. The molecular weight excluding hydrogens is 188 g/mol. The van der Waals surface area contributed by atoms with Gasteiger partial charge in [0.15, 0.2) is 0 Å². The first-order chi connectivity index (χ1) is 7.33. The van der Waals surface area contributed by atoms with E-state index in [0.29, 0.717) is 6.04 Å². The number of anilines is 2. The van der Waals surface area contributed by atoms with Gasteiger partial charge in [0, 0.05) is 6.54 Å². The SMILES string of the molecule is CCC1COCCN1c1ccccc1N. The van der Waals surface area contributed by atoms with Crippen molar-refractivity contribution in [3.05, 3.63) is 24.3 Å². The maximum Gasteiger partial charge on any atom is 0.0670 e. The van der Waals surface area contributed by atoms with E-state index in [9.17, 15) is 0 Å². The lowest BCUT2D eigenvalue weighted by Crippen LogP contribution is -2.45. The number of nitrogens with zero attached hydrogens (tertiary/aromatic N) is 1. The molecule has 82 valence electrons. The van der Waals surface area contributed by atoms with Crippen molar-refractivity contribution in [2.24, 2.45) is 0 Å². The zero-order chi connectivity index (χ0) is 10.7. The van der Waals surface area contributed by atoms with Gasteiger partial charge in [0.05, 0.1) is 30.6 Å². The van der Waals surface area contributed by atoms with E-state index < -0.39 is 0 Å². The first-order valence-corrected chi connectivity index (χ1v) is 5.52. The highest BCUT2D eigenvalue weighted by molar-refractivity contribution is 5.67. The predicted molar refractivity (Wildman–Crippen MR) is 63.1 cm³/mol. The van der Waals surface area contributed by atoms with E-state index in [1.54, 1.807) is 0 Å². The van der Waals surface area contributed by atoms with E-state index in [4.69, 9.17) is 10.5 Å². The first kappa shape index (κ1) is 10.3. The maximum absolute atomic E-state index is 5.99. The molecule has 0 radical (unpaired) electrons. The van der Waals surface area contributed by atoms with Crippen LogP contribution >= 0.6 is 0 Å². The summed E-state index contributed by atoms with van der Waals surface area (Å²) >= 11 is 0. The minimum absolute atomic E-state index is 0.462. The van der Waals surface area contributed by atoms with Gasteiger partial charge < -0.3 is 15.4 Å². The molecule has 15 heavy (non-hydrogen) atoms. The number of hydrogen-bond donors (Lipinski definition) is 1. The molecule has 0 aliphatic carbocycles. The summed E-state index contributed by atoms with van der Waals surface area (Å²) in [6, 6.07) is 8.51. The lowest BCUT2D eigenvalue weighted by atomic mass is 10.1. The second-order valence-electron chi connectivity index (χ2n) is 3.89. The van der Waals surface area contributed by atoms with Crippen LogP contribution in [0.2, 0.25) is 0 Å². The van der Waals surface area contributed by atoms with Gasteiger partial charge in [0.2, 0.25) is 0 Å². The van der Waals surface area contributed by atoms with Crippen molar-refractivity contribution in [2.45, 2.75) is 19.4 Å². The minimum Gasteiger partial charge on any atom is -0.397 e. The molecule has 1 saturated heterocycles. The molecule has 1 atom stereocenters. The summed E-state index contributed by atoms with van der Waals surface area (Å²) < 4.78 is 5.48. The molecule has 2 N–H and O–H groups in total. The highest BCUT2D eigenvalue weighted by Gasteiger charge is 2.22. The smallest absolute Gasteiger partial charge is 0.0670 e. The Bertz CT molecular complexity index is 327. The van der Waals surface area contributed by atoms with E-state index in [-0.39, 0.29) is 0 Å². The topological polar surface area (TPSA) is 38.5 Å². The Balaban J connectivity index is 2.24. The van der Waals surface area contributed by atoms with Crippen molar-refractivity contribution in [1.29, 1.82) is 0 Å². The van der Waals surface area contributed by atoms with Crippen LogP contribution in [0.15, 0.2) is 24.3 Å². The second-order valence-corrected chi connectivity index (χ2v) is 3.89. The Morgan fingerprint density at radius 3 is 3.00 bits per heavy atom. The summed E-state index contributed by atoms with van der Waals surface area (Å²) in [7, 11) is 0. The van der Waals surface area contributed by atoms with E-state index >= 15 is 0 Å². The zero-order valence-corrected chi connectivity index (χ0v) is 9.15. The van der Waals surface area contributed by atoms with Crippen molar-refractivity contribution in [3.63, 3.8) is 0 Å². The second kappa shape index (κ2) is 4.53. The fourth-order valence-corrected chi connectivity index (χ4v) is 2.06. The van der Waals surface area contributed by atoms with Crippen LogP contribution in [0, 0.1) is 0 Å². The number of nitrogen functional groups attached to an aromatic ring is 1. The van der Waals surface area contributed by atoms with Crippen LogP contribution in [-0.2, 0) is 4.74 Å². The van der Waals surface area contributed by atoms with Gasteiger partial charge >= 0.3 is 0 Å². The summed E-state index contributed by atoms with van der Waals surface area (Å²) in [6.45, 7) is 4.73. The van der Waals surface area contributed by atoms with Crippen molar-refractivity contribution in [3.8, 4) is 0 Å². The van der Waals surface area contributed by atoms with E-state index in [1.807, 2.05) is 18.2 Å². The van der Waals surface area contributed by atoms with Gasteiger partial charge in [-0.3, -0.25) is 0 Å². The number of hydrogen-bond acceptors (Lipinski definition) is 3. The Kier molecular flexibility index (Phi) is 3.11. The molecule has 2 rings (SSSR count). The average Bonchev–Trinajstić information content (AvgIpc) is 2.30. The third-order valence-corrected chi connectivity index (χ3v) is 2.94. The number of nitrogens with two attached hydrogens (primary N) is 1. The number of rotatable bonds is 2. The fraction of sp³-hybridized carbons (Fsp3) is 0.500. The lowest BCUT2D eigenvalue weighted by molar-refractivity contribution is 0.0931. The molecular formula is C12H18N2O. The number of para-hydroxylation sites is 2. The Morgan fingerprint density at radius 2 is 2.27 bits per heavy atom. The normalized spacial score (nSPS) is 21.7. The van der Waals surface area contributed by atoms with Crippen molar-refractivity contribution >= 4 is 11.4 Å². The quantitative estimate of drug-likeness (QED) is 0.751. The highest BCUT2D eigenvalue weighted by atomic mass is 16.5. The predicted octanol–water partition coefficient (Wildman–Crippen LogP) is 1.88. The first-order valence-electron chi connectivity index (χ1n) is 5.52. The molecule has 0 saturated carbocycles. The van der Waals surface area contributed by atoms with Gasteiger partial charge in [0.1, 0.15) is 0 Å². The molecule has 1 heterocycles. The Morgan fingerprint density at radius 1 is 1.47 bits per heavy atom. The van der Waals surface area contributed by atoms with Gasteiger partial charge in [-0.25, -0.2) is 0 Å². The highest BCUT2D eigenvalue weighted by Crippen LogP contribution is 2.26. The summed E-state index contributed by atoms with van der Waals surface area (Å²) in [6.07, 6.45) is 1.09. The van der Waals surface area contributed by atoms with E-state index in [1.165, 1.54) is 0 Å². The molecule has 3 heteroatoms. The molecule has 1 unspecified atom stereocenters. The van der Waals surface area contributed by atoms with Crippen LogP contribution in [0.3, 0.4) is 0 Å². The zero-order valence-electron chi connectivity index (χ0n) is 9.15. The standard InChI is InChI=1S/C12H18N2O/c1-2-10-9-15-8-7-14(10)12-6-4-3-5-11(12)13/h3-6,10H,2,7-9,13H2,1H3. The lowest BCUT2D eigenvalue weighted by Gasteiger charge is -2.37. The van der Waals surface area contributed by atoms with Gasteiger partial charge in [0.25, 0.3) is 0 Å². The molecule has 3 nitrogen and oxygen atoms in total. The van der Waals surface area contributed by atoms with E-state index in [0.717, 1.165) is 37.6 Å². The van der Waals surface area contributed by atoms with Crippen LogP contribution in [0.25, 0.3) is 0 Å². The molecule has 0 aromatic heterocycles. The molecule has 1 aromatic carbocycles. The molecule has 0 amide bonds. The molecule has 1 aromatic rings. The summed E-state index contributed by atoms with van der Waals surface area (Å²) in [4.78, 5) is 2.36. The summed E-state index contributed by atoms with van der Waals surface area (Å²) in [5.41, 5.74) is 7.99. The monoisotopic (exact) mass is 206 g/mol. The number of benzene rings is 1. The van der Waals surface area contributed by atoms with Crippen LogP contribution < -0.4 is 10.6 Å².